The normalized spacial score (nSPS) is 25.4. The third kappa shape index (κ3) is 2.80. The second kappa shape index (κ2) is 6.18. The number of hydrogen-bond donors (Lipinski definition) is 1. The van der Waals surface area contributed by atoms with Crippen LogP contribution in [0.25, 0.3) is 11.4 Å². The van der Waals surface area contributed by atoms with Crippen molar-refractivity contribution in [1.82, 2.24) is 19.7 Å². The fraction of sp³-hybridized carbons (Fsp3) is 0.562. The number of thiazole rings is 1. The van der Waals surface area contributed by atoms with Crippen LogP contribution in [0.5, 0.6) is 0 Å². The lowest BCUT2D eigenvalue weighted by molar-refractivity contribution is 0.176. The first-order chi connectivity index (χ1) is 11.7. The number of methoxy groups -OCH3 is 1. The number of fused-ring (bicyclic) bond motifs is 1. The van der Waals surface area contributed by atoms with E-state index in [4.69, 9.17) is 4.74 Å². The Labute approximate surface area is 144 Å². The van der Waals surface area contributed by atoms with E-state index in [1.165, 1.54) is 11.3 Å². The SMILES string of the molecule is COC[C@@H]1[C@H]2CCN(C(=O)Nc3nc(-c4ccnn4C)cs3)C[C@H]21. The summed E-state index contributed by atoms with van der Waals surface area (Å²) in [4.78, 5) is 18.9. The Balaban J connectivity index is 1.37. The lowest BCUT2D eigenvalue weighted by Crippen LogP contribution is -2.39. The molecule has 1 aliphatic carbocycles. The minimum Gasteiger partial charge on any atom is -0.384 e. The van der Waals surface area contributed by atoms with Gasteiger partial charge in [0.25, 0.3) is 0 Å². The van der Waals surface area contributed by atoms with Crippen molar-refractivity contribution in [3.8, 4) is 11.4 Å². The number of aromatic nitrogens is 3. The number of aryl methyl sites for hydroxylation is 1. The molecule has 2 amide bonds. The second-order valence-electron chi connectivity index (χ2n) is 6.49. The molecular weight excluding hydrogens is 326 g/mol. The Kier molecular flexibility index (Phi) is 4.01. The first-order valence-electron chi connectivity index (χ1n) is 8.16. The quantitative estimate of drug-likeness (QED) is 0.921. The second-order valence-corrected chi connectivity index (χ2v) is 7.35. The van der Waals surface area contributed by atoms with Crippen LogP contribution in [0, 0.1) is 17.8 Å². The summed E-state index contributed by atoms with van der Waals surface area (Å²) in [6.07, 6.45) is 2.81. The standard InChI is InChI=1S/C16H21N5O2S/c1-20-14(3-5-17-20)13-9-24-15(18-13)19-16(22)21-6-4-10-11(7-21)12(10)8-23-2/h3,5,9-12H,4,6-8H2,1-2H3,(H,18,19,22)/t10-,11+,12+/m0/s1. The van der Waals surface area contributed by atoms with E-state index in [0.29, 0.717) is 17.0 Å². The average Bonchev–Trinajstić information content (AvgIpc) is 2.89. The van der Waals surface area contributed by atoms with Crippen molar-refractivity contribution in [2.75, 3.05) is 32.1 Å². The molecule has 0 unspecified atom stereocenters. The summed E-state index contributed by atoms with van der Waals surface area (Å²) >= 11 is 1.44. The highest BCUT2D eigenvalue weighted by Gasteiger charge is 2.52. The molecule has 2 aromatic heterocycles. The predicted molar refractivity (Wildman–Crippen MR) is 91.9 cm³/mol. The molecule has 0 spiro atoms. The highest BCUT2D eigenvalue weighted by Crippen LogP contribution is 2.51. The molecule has 0 radical (unpaired) electrons. The predicted octanol–water partition coefficient (Wildman–Crippen LogP) is 2.29. The van der Waals surface area contributed by atoms with Crippen LogP contribution < -0.4 is 5.32 Å². The number of piperidine rings is 1. The Bertz CT molecular complexity index is 742. The maximum Gasteiger partial charge on any atom is 0.323 e. The summed E-state index contributed by atoms with van der Waals surface area (Å²) in [6, 6.07) is 1.86. The van der Waals surface area contributed by atoms with Gasteiger partial charge in [0.15, 0.2) is 5.13 Å². The van der Waals surface area contributed by atoms with Gasteiger partial charge in [0.1, 0.15) is 5.69 Å². The number of carbonyl (C=O) groups excluding carboxylic acids is 1. The van der Waals surface area contributed by atoms with Crippen molar-refractivity contribution in [2.45, 2.75) is 6.42 Å². The van der Waals surface area contributed by atoms with Crippen LogP contribution >= 0.6 is 11.3 Å². The molecule has 1 saturated carbocycles. The summed E-state index contributed by atoms with van der Waals surface area (Å²) in [6.45, 7) is 2.45. The largest absolute Gasteiger partial charge is 0.384 e. The van der Waals surface area contributed by atoms with Gasteiger partial charge in [0, 0.05) is 45.4 Å². The van der Waals surface area contributed by atoms with E-state index in [-0.39, 0.29) is 6.03 Å². The van der Waals surface area contributed by atoms with Crippen molar-refractivity contribution in [3.05, 3.63) is 17.6 Å². The molecule has 1 N–H and O–H groups in total. The van der Waals surface area contributed by atoms with Crippen molar-refractivity contribution in [2.24, 2.45) is 24.8 Å². The number of urea groups is 1. The van der Waals surface area contributed by atoms with Crippen LogP contribution in [0.15, 0.2) is 17.6 Å². The average molecular weight is 347 g/mol. The number of carbonyl (C=O) groups is 1. The van der Waals surface area contributed by atoms with E-state index in [2.05, 4.69) is 15.4 Å². The molecule has 3 heterocycles. The summed E-state index contributed by atoms with van der Waals surface area (Å²) in [5.41, 5.74) is 1.77. The van der Waals surface area contributed by atoms with E-state index < -0.39 is 0 Å². The highest BCUT2D eigenvalue weighted by atomic mass is 32.1. The maximum absolute atomic E-state index is 12.5. The number of amides is 2. The van der Waals surface area contributed by atoms with E-state index in [1.54, 1.807) is 18.0 Å². The Morgan fingerprint density at radius 2 is 2.38 bits per heavy atom. The van der Waals surface area contributed by atoms with Gasteiger partial charge in [-0.1, -0.05) is 0 Å². The first kappa shape index (κ1) is 15.6. The summed E-state index contributed by atoms with van der Waals surface area (Å²) in [7, 11) is 3.63. The van der Waals surface area contributed by atoms with Crippen molar-refractivity contribution in [1.29, 1.82) is 0 Å². The molecule has 128 valence electrons. The van der Waals surface area contributed by atoms with Gasteiger partial charge in [0.2, 0.25) is 0 Å². The molecule has 0 bridgehead atoms. The lowest BCUT2D eigenvalue weighted by atomic mass is 10.1. The van der Waals surface area contributed by atoms with E-state index >= 15 is 0 Å². The molecule has 1 saturated heterocycles. The molecule has 4 rings (SSSR count). The summed E-state index contributed by atoms with van der Waals surface area (Å²) in [5, 5.41) is 9.65. The van der Waals surface area contributed by atoms with Gasteiger partial charge in [-0.05, 0) is 30.2 Å². The minimum atomic E-state index is -0.0533. The zero-order valence-corrected chi connectivity index (χ0v) is 14.6. The topological polar surface area (TPSA) is 72.3 Å². The highest BCUT2D eigenvalue weighted by molar-refractivity contribution is 7.14. The monoisotopic (exact) mass is 347 g/mol. The molecule has 1 aliphatic heterocycles. The number of ether oxygens (including phenoxy) is 1. The van der Waals surface area contributed by atoms with Crippen LogP contribution in [-0.4, -0.2) is 52.5 Å². The third-order valence-corrected chi connectivity index (χ3v) is 5.88. The van der Waals surface area contributed by atoms with Crippen LogP contribution in [0.3, 0.4) is 0 Å². The van der Waals surface area contributed by atoms with Crippen molar-refractivity contribution in [3.63, 3.8) is 0 Å². The lowest BCUT2D eigenvalue weighted by Gasteiger charge is -2.25. The molecule has 3 atom stereocenters. The number of anilines is 1. The van der Waals surface area contributed by atoms with E-state index in [9.17, 15) is 4.79 Å². The zero-order valence-electron chi connectivity index (χ0n) is 13.8. The number of nitrogens with one attached hydrogen (secondary N) is 1. The number of hydrogen-bond acceptors (Lipinski definition) is 5. The van der Waals surface area contributed by atoms with Crippen LogP contribution in [0.4, 0.5) is 9.93 Å². The molecule has 2 fully saturated rings. The van der Waals surface area contributed by atoms with Gasteiger partial charge >= 0.3 is 6.03 Å². The van der Waals surface area contributed by atoms with Crippen LogP contribution in [0.1, 0.15) is 6.42 Å². The third-order valence-electron chi connectivity index (χ3n) is 5.12. The fourth-order valence-electron chi connectivity index (χ4n) is 3.74. The number of rotatable bonds is 4. The van der Waals surface area contributed by atoms with Gasteiger partial charge in [-0.2, -0.15) is 5.10 Å². The van der Waals surface area contributed by atoms with Crippen LogP contribution in [0.2, 0.25) is 0 Å². The molecule has 8 heteroatoms. The Hall–Kier alpha value is -1.93. The van der Waals surface area contributed by atoms with E-state index in [0.717, 1.165) is 43.4 Å². The van der Waals surface area contributed by atoms with Gasteiger partial charge in [-0.15, -0.1) is 11.3 Å². The number of likely N-dealkylation sites (tertiary alicyclic amines) is 1. The molecule has 24 heavy (non-hydrogen) atoms. The van der Waals surface area contributed by atoms with Crippen molar-refractivity contribution < 1.29 is 9.53 Å². The molecule has 7 nitrogen and oxygen atoms in total. The van der Waals surface area contributed by atoms with Gasteiger partial charge in [0.05, 0.1) is 5.69 Å². The zero-order chi connectivity index (χ0) is 16.7. The fourth-order valence-corrected chi connectivity index (χ4v) is 4.44. The van der Waals surface area contributed by atoms with Gasteiger partial charge in [-0.3, -0.25) is 10.00 Å². The van der Waals surface area contributed by atoms with Crippen molar-refractivity contribution >= 4 is 22.5 Å². The Morgan fingerprint density at radius 1 is 1.50 bits per heavy atom. The molecular formula is C16H21N5O2S. The Morgan fingerprint density at radius 3 is 3.12 bits per heavy atom. The minimum absolute atomic E-state index is 0.0533. The molecule has 0 aromatic carbocycles. The summed E-state index contributed by atoms with van der Waals surface area (Å²) in [5.74, 6) is 1.97. The van der Waals surface area contributed by atoms with Gasteiger partial charge in [-0.25, -0.2) is 9.78 Å². The first-order valence-corrected chi connectivity index (χ1v) is 9.04. The molecule has 2 aliphatic rings. The number of nitrogens with zero attached hydrogens (tertiary/aromatic N) is 4. The smallest absolute Gasteiger partial charge is 0.323 e. The van der Waals surface area contributed by atoms with Crippen LogP contribution in [-0.2, 0) is 11.8 Å². The molecule has 2 aromatic rings. The van der Waals surface area contributed by atoms with Gasteiger partial charge < -0.3 is 9.64 Å². The maximum atomic E-state index is 12.5. The summed E-state index contributed by atoms with van der Waals surface area (Å²) < 4.78 is 7.03. The van der Waals surface area contributed by atoms with E-state index in [1.807, 2.05) is 23.4 Å².